The lowest BCUT2D eigenvalue weighted by atomic mass is 10.0. The Bertz CT molecular complexity index is 2040. The van der Waals surface area contributed by atoms with E-state index in [4.69, 9.17) is 9.47 Å². The van der Waals surface area contributed by atoms with Crippen molar-refractivity contribution in [3.8, 4) is 22.8 Å². The van der Waals surface area contributed by atoms with Gasteiger partial charge in [0.25, 0.3) is 0 Å². The summed E-state index contributed by atoms with van der Waals surface area (Å²) in [5.74, 6) is -0.174. The quantitative estimate of drug-likeness (QED) is 0.198. The summed E-state index contributed by atoms with van der Waals surface area (Å²) in [5.41, 5.74) is 0.0273. The predicted molar refractivity (Wildman–Crippen MR) is 163 cm³/mol. The molecule has 0 radical (unpaired) electrons. The van der Waals surface area contributed by atoms with Crippen molar-refractivity contribution in [2.24, 2.45) is 0 Å². The fourth-order valence-corrected chi connectivity index (χ4v) is 7.20. The molecule has 0 saturated carbocycles. The molecule has 46 heavy (non-hydrogen) atoms. The molecule has 2 aromatic carbocycles. The van der Waals surface area contributed by atoms with Crippen molar-refractivity contribution in [3.05, 3.63) is 88.6 Å². The number of halogens is 4. The van der Waals surface area contributed by atoms with Gasteiger partial charge in [-0.2, -0.15) is 8.78 Å². The van der Waals surface area contributed by atoms with E-state index in [1.54, 1.807) is 10.6 Å². The van der Waals surface area contributed by atoms with E-state index in [1.807, 2.05) is 0 Å². The summed E-state index contributed by atoms with van der Waals surface area (Å²) in [6, 6.07) is 8.29. The zero-order valence-corrected chi connectivity index (χ0v) is 26.9. The van der Waals surface area contributed by atoms with Crippen molar-refractivity contribution in [2.45, 2.75) is 49.5 Å². The van der Waals surface area contributed by atoms with Crippen molar-refractivity contribution in [1.82, 2.24) is 29.2 Å². The summed E-state index contributed by atoms with van der Waals surface area (Å²) in [4.78, 5) is 16.8. The number of ether oxygens (including phenoxy) is 2. The van der Waals surface area contributed by atoms with Gasteiger partial charge in [-0.15, -0.1) is 0 Å². The predicted octanol–water partition coefficient (Wildman–Crippen LogP) is 5.64. The highest BCUT2D eigenvalue weighted by Crippen LogP contribution is 2.47. The van der Waals surface area contributed by atoms with Crippen LogP contribution >= 0.6 is 15.9 Å². The van der Waals surface area contributed by atoms with Gasteiger partial charge in [-0.05, 0) is 44.5 Å². The van der Waals surface area contributed by atoms with Crippen LogP contribution in [0.15, 0.2) is 70.4 Å². The summed E-state index contributed by atoms with van der Waals surface area (Å²) in [7, 11) is -2.76. The number of benzene rings is 2. The van der Waals surface area contributed by atoms with Crippen molar-refractivity contribution in [3.63, 3.8) is 0 Å². The molecule has 0 amide bonds. The number of alkyl halides is 2. The molecule has 5 aromatic rings. The second-order valence-corrected chi connectivity index (χ2v) is 13.6. The minimum Gasteiger partial charge on any atom is -0.481 e. The van der Waals surface area contributed by atoms with Crippen LogP contribution in [-0.2, 0) is 15.6 Å². The molecule has 4 heterocycles. The van der Waals surface area contributed by atoms with Crippen molar-refractivity contribution in [1.29, 1.82) is 0 Å². The fourth-order valence-electron chi connectivity index (χ4n) is 5.44. The molecule has 0 unspecified atom stereocenters. The second-order valence-electron chi connectivity index (χ2n) is 11.0. The van der Waals surface area contributed by atoms with Crippen LogP contribution in [0.5, 0.6) is 11.6 Å². The van der Waals surface area contributed by atoms with Crippen LogP contribution in [0, 0.1) is 5.82 Å². The number of fused-ring (bicyclic) bond motifs is 3. The van der Waals surface area contributed by atoms with E-state index in [2.05, 4.69) is 40.6 Å². The molecule has 11 nitrogen and oxygen atoms in total. The first-order valence-corrected chi connectivity index (χ1v) is 16.1. The van der Waals surface area contributed by atoms with Gasteiger partial charge in [0.15, 0.2) is 5.82 Å². The molecule has 6 rings (SSSR count). The Hall–Kier alpha value is -4.12. The molecule has 0 saturated heterocycles. The topological polar surface area (TPSA) is 141 Å². The first-order valence-electron chi connectivity index (χ1n) is 13.8. The van der Waals surface area contributed by atoms with E-state index in [0.29, 0.717) is 21.1 Å². The number of rotatable bonds is 9. The largest absolute Gasteiger partial charge is 0.481 e. The van der Waals surface area contributed by atoms with Crippen LogP contribution in [-0.4, -0.2) is 51.7 Å². The van der Waals surface area contributed by atoms with E-state index in [9.17, 15) is 22.3 Å². The third-order valence-electron chi connectivity index (χ3n) is 7.49. The molecule has 1 aliphatic rings. The Morgan fingerprint density at radius 2 is 1.85 bits per heavy atom. The molecule has 0 aliphatic carbocycles. The summed E-state index contributed by atoms with van der Waals surface area (Å²) < 4.78 is 84.2. The lowest BCUT2D eigenvalue weighted by molar-refractivity contribution is -0.0507. The van der Waals surface area contributed by atoms with E-state index in [1.165, 1.54) is 69.7 Å². The molecule has 0 spiro atoms. The molecule has 0 fully saturated rings. The number of pyridine rings is 1. The number of imidazole rings is 1. The third-order valence-corrected chi connectivity index (χ3v) is 9.63. The average Bonchev–Trinajstić information content (AvgIpc) is 3.52. The zero-order chi connectivity index (χ0) is 33.0. The summed E-state index contributed by atoms with van der Waals surface area (Å²) in [5, 5.41) is 10.2. The normalized spacial score (nSPS) is 16.6. The molecule has 2 atom stereocenters. The van der Waals surface area contributed by atoms with Crippen LogP contribution in [0.25, 0.3) is 22.2 Å². The van der Waals surface area contributed by atoms with Gasteiger partial charge < -0.3 is 19.1 Å². The minimum atomic E-state index is -4.16. The van der Waals surface area contributed by atoms with E-state index >= 15 is 4.39 Å². The van der Waals surface area contributed by atoms with Gasteiger partial charge in [0.05, 0.1) is 36.4 Å². The van der Waals surface area contributed by atoms with E-state index < -0.39 is 40.1 Å². The van der Waals surface area contributed by atoms with Gasteiger partial charge in [-0.3, -0.25) is 0 Å². The number of aromatic nitrogens is 5. The maximum Gasteiger partial charge on any atom is 0.387 e. The van der Waals surface area contributed by atoms with Crippen LogP contribution in [0.1, 0.15) is 49.6 Å². The molecule has 1 aliphatic heterocycles. The van der Waals surface area contributed by atoms with Gasteiger partial charge in [-0.1, -0.05) is 22.0 Å². The molecule has 0 bridgehead atoms. The number of hydrogen-bond donors (Lipinski definition) is 2. The lowest BCUT2D eigenvalue weighted by Gasteiger charge is -2.21. The maximum absolute atomic E-state index is 15.6. The van der Waals surface area contributed by atoms with Crippen molar-refractivity contribution < 1.29 is 36.2 Å². The molecular formula is C30H26BrF3N6O5S. The molecule has 16 heteroatoms. The van der Waals surface area contributed by atoms with Gasteiger partial charge in [0.1, 0.15) is 27.9 Å². The number of nitrogens with one attached hydrogen (secondary N) is 1. The highest BCUT2D eigenvalue weighted by molar-refractivity contribution is 9.10. The Morgan fingerprint density at radius 1 is 1.11 bits per heavy atom. The number of methoxy groups -OCH3 is 1. The average molecular weight is 720 g/mol. The number of sulfonamides is 1. The highest BCUT2D eigenvalue weighted by Gasteiger charge is 2.40. The van der Waals surface area contributed by atoms with Gasteiger partial charge in [0, 0.05) is 45.7 Å². The number of nitrogens with zero attached hydrogens (tertiary/aromatic N) is 5. The van der Waals surface area contributed by atoms with Gasteiger partial charge in [-0.25, -0.2) is 37.5 Å². The maximum atomic E-state index is 15.6. The Kier molecular flexibility index (Phi) is 8.25. The number of hydrogen-bond acceptors (Lipinski definition) is 9. The molecule has 2 N–H and O–H groups in total. The summed E-state index contributed by atoms with van der Waals surface area (Å²) in [6.07, 6.45) is 3.96. The van der Waals surface area contributed by atoms with Crippen molar-refractivity contribution >= 4 is 37.0 Å². The smallest absolute Gasteiger partial charge is 0.387 e. The Labute approximate surface area is 269 Å². The molecule has 240 valence electrons. The standard InChI is InChI=1S/C30H26BrF3N6O5S/c1-30(2,41)28-36-12-15(13-37-28)17-9-22-20(10-19(17)32)38-27-21(39-46(42,43)16-7-8-25(44-3)35-14-16)11-23(40(22)27)26-18(31)5-4-6-24(26)45-29(33)34/h4-10,12-14,21,23,29,39,41H,11H2,1-3H3/t21-,23-/m1/s1. The first-order chi connectivity index (χ1) is 21.8. The molecule has 3 aromatic heterocycles. The SMILES string of the molecule is COc1ccc(S(=O)(=O)N[C@@H]2C[C@H](c3c(Br)cccc3OC(F)F)n3c2nc2cc(F)c(-c4cnc(C(C)(C)O)nc4)cc23)cn1. The lowest BCUT2D eigenvalue weighted by Crippen LogP contribution is -2.28. The van der Waals surface area contributed by atoms with Crippen LogP contribution in [0.3, 0.4) is 0 Å². The minimum absolute atomic E-state index is 0.0550. The van der Waals surface area contributed by atoms with Crippen LogP contribution in [0.4, 0.5) is 13.2 Å². The van der Waals surface area contributed by atoms with Crippen LogP contribution in [0.2, 0.25) is 0 Å². The van der Waals surface area contributed by atoms with E-state index in [0.717, 1.165) is 6.20 Å². The first kappa shape index (κ1) is 31.8. The van der Waals surface area contributed by atoms with Gasteiger partial charge >= 0.3 is 6.61 Å². The highest BCUT2D eigenvalue weighted by atomic mass is 79.9. The van der Waals surface area contributed by atoms with Crippen molar-refractivity contribution in [2.75, 3.05) is 7.11 Å². The number of aliphatic hydroxyl groups is 1. The third kappa shape index (κ3) is 5.92. The summed E-state index contributed by atoms with van der Waals surface area (Å²) >= 11 is 3.45. The fraction of sp³-hybridized carbons (Fsp3) is 0.267. The zero-order valence-electron chi connectivity index (χ0n) is 24.4. The van der Waals surface area contributed by atoms with E-state index in [-0.39, 0.29) is 45.7 Å². The van der Waals surface area contributed by atoms with Gasteiger partial charge in [0.2, 0.25) is 15.9 Å². The Morgan fingerprint density at radius 3 is 2.48 bits per heavy atom. The monoisotopic (exact) mass is 718 g/mol. The molecular weight excluding hydrogens is 693 g/mol. The Balaban J connectivity index is 1.50. The summed E-state index contributed by atoms with van der Waals surface area (Å²) in [6.45, 7) is -0.0835. The van der Waals surface area contributed by atoms with Crippen LogP contribution < -0.4 is 14.2 Å². The second kappa shape index (κ2) is 11.9.